The lowest BCUT2D eigenvalue weighted by Crippen LogP contribution is -2.38. The number of ether oxygens (including phenoxy) is 1. The molecular formula is C12H22IN3O3S2. The van der Waals surface area contributed by atoms with Gasteiger partial charge >= 0.3 is 0 Å². The van der Waals surface area contributed by atoms with Gasteiger partial charge < -0.3 is 15.4 Å². The summed E-state index contributed by atoms with van der Waals surface area (Å²) in [5.41, 5.74) is 0. The average molecular weight is 447 g/mol. The minimum atomic E-state index is -2.95. The number of hydrogen-bond acceptors (Lipinski definition) is 5. The molecule has 122 valence electrons. The summed E-state index contributed by atoms with van der Waals surface area (Å²) in [6, 6.07) is 4.06. The van der Waals surface area contributed by atoms with E-state index in [9.17, 15) is 8.42 Å². The van der Waals surface area contributed by atoms with Crippen LogP contribution in [-0.4, -0.2) is 53.2 Å². The fraction of sp³-hybridized carbons (Fsp3) is 0.583. The molecule has 0 spiro atoms. The van der Waals surface area contributed by atoms with Crippen molar-refractivity contribution in [3.63, 3.8) is 0 Å². The molecule has 0 aliphatic heterocycles. The number of sulfone groups is 1. The Bertz CT molecular complexity index is 504. The third kappa shape index (κ3) is 10.9. The van der Waals surface area contributed by atoms with Crippen LogP contribution in [0.25, 0.3) is 0 Å². The SMILES string of the molecule is CN=C(NCCOCCS(C)(=O)=O)NCc1cccs1.I. The van der Waals surface area contributed by atoms with Crippen molar-refractivity contribution in [2.24, 2.45) is 4.99 Å². The van der Waals surface area contributed by atoms with Gasteiger partial charge in [-0.15, -0.1) is 35.3 Å². The molecule has 0 bridgehead atoms. The van der Waals surface area contributed by atoms with E-state index in [0.29, 0.717) is 19.1 Å². The summed E-state index contributed by atoms with van der Waals surface area (Å²) < 4.78 is 27.0. The van der Waals surface area contributed by atoms with Gasteiger partial charge in [0.15, 0.2) is 5.96 Å². The van der Waals surface area contributed by atoms with Gasteiger partial charge in [-0.1, -0.05) is 6.07 Å². The smallest absolute Gasteiger partial charge is 0.191 e. The first kappa shape index (κ1) is 20.6. The zero-order valence-corrected chi connectivity index (χ0v) is 16.1. The highest BCUT2D eigenvalue weighted by atomic mass is 127. The Labute approximate surface area is 147 Å². The van der Waals surface area contributed by atoms with Gasteiger partial charge in [-0.25, -0.2) is 8.42 Å². The van der Waals surface area contributed by atoms with Crippen molar-refractivity contribution in [2.45, 2.75) is 6.54 Å². The molecule has 0 radical (unpaired) electrons. The van der Waals surface area contributed by atoms with Crippen LogP contribution in [0.5, 0.6) is 0 Å². The molecule has 0 aliphatic carbocycles. The van der Waals surface area contributed by atoms with E-state index < -0.39 is 9.84 Å². The molecule has 1 aromatic rings. The van der Waals surface area contributed by atoms with E-state index in [2.05, 4.69) is 21.7 Å². The van der Waals surface area contributed by atoms with Crippen LogP contribution in [0.3, 0.4) is 0 Å². The predicted molar refractivity (Wildman–Crippen MR) is 98.5 cm³/mol. The van der Waals surface area contributed by atoms with Crippen LogP contribution in [0.2, 0.25) is 0 Å². The van der Waals surface area contributed by atoms with Crippen molar-refractivity contribution >= 4 is 51.1 Å². The third-order valence-electron chi connectivity index (χ3n) is 2.37. The second kappa shape index (κ2) is 11.2. The van der Waals surface area contributed by atoms with E-state index in [1.807, 2.05) is 11.4 Å². The summed E-state index contributed by atoms with van der Waals surface area (Å²) in [5.74, 6) is 0.753. The standard InChI is InChI=1S/C12H21N3O3S2.HI/c1-13-12(15-10-11-4-3-8-19-11)14-5-6-18-7-9-20(2,16)17;/h3-4,8H,5-7,9-10H2,1-2H3,(H2,13,14,15);1H. The molecular weight excluding hydrogens is 425 g/mol. The van der Waals surface area contributed by atoms with Crippen molar-refractivity contribution in [1.29, 1.82) is 0 Å². The number of aliphatic imine (C=N–C) groups is 1. The number of rotatable bonds is 8. The Kier molecular flexibility index (Phi) is 11.0. The van der Waals surface area contributed by atoms with E-state index in [1.54, 1.807) is 18.4 Å². The maximum Gasteiger partial charge on any atom is 0.191 e. The third-order valence-corrected chi connectivity index (χ3v) is 4.16. The van der Waals surface area contributed by atoms with Crippen molar-refractivity contribution < 1.29 is 13.2 Å². The highest BCUT2D eigenvalue weighted by Gasteiger charge is 2.02. The first-order valence-corrected chi connectivity index (χ1v) is 9.17. The van der Waals surface area contributed by atoms with Gasteiger partial charge in [-0.3, -0.25) is 4.99 Å². The number of thiophene rings is 1. The molecule has 1 rings (SSSR count). The van der Waals surface area contributed by atoms with E-state index in [1.165, 1.54) is 11.1 Å². The largest absolute Gasteiger partial charge is 0.379 e. The van der Waals surface area contributed by atoms with Crippen molar-refractivity contribution in [2.75, 3.05) is 38.8 Å². The van der Waals surface area contributed by atoms with Gasteiger partial charge in [-0.2, -0.15) is 0 Å². The summed E-state index contributed by atoms with van der Waals surface area (Å²) in [6.07, 6.45) is 1.20. The Morgan fingerprint density at radius 2 is 2.14 bits per heavy atom. The van der Waals surface area contributed by atoms with Crippen molar-refractivity contribution in [3.8, 4) is 0 Å². The zero-order valence-electron chi connectivity index (χ0n) is 12.2. The first-order chi connectivity index (χ1) is 9.51. The Balaban J connectivity index is 0.00000400. The van der Waals surface area contributed by atoms with E-state index >= 15 is 0 Å². The summed E-state index contributed by atoms with van der Waals surface area (Å²) >= 11 is 1.69. The van der Waals surface area contributed by atoms with Crippen LogP contribution in [-0.2, 0) is 21.1 Å². The van der Waals surface area contributed by atoms with Crippen LogP contribution in [0.1, 0.15) is 4.88 Å². The van der Waals surface area contributed by atoms with Crippen LogP contribution in [0.4, 0.5) is 0 Å². The average Bonchev–Trinajstić information content (AvgIpc) is 2.89. The summed E-state index contributed by atoms with van der Waals surface area (Å²) in [6.45, 7) is 1.97. The number of guanidine groups is 1. The molecule has 21 heavy (non-hydrogen) atoms. The summed E-state index contributed by atoms with van der Waals surface area (Å²) in [7, 11) is -1.24. The molecule has 0 saturated heterocycles. The summed E-state index contributed by atoms with van der Waals surface area (Å²) in [5, 5.41) is 8.31. The van der Waals surface area contributed by atoms with E-state index in [-0.39, 0.29) is 36.3 Å². The molecule has 0 aliphatic rings. The fourth-order valence-electron chi connectivity index (χ4n) is 1.36. The molecule has 0 aromatic carbocycles. The minimum absolute atomic E-state index is 0. The molecule has 0 saturated carbocycles. The van der Waals surface area contributed by atoms with Crippen LogP contribution >= 0.6 is 35.3 Å². The lowest BCUT2D eigenvalue weighted by Gasteiger charge is -2.11. The van der Waals surface area contributed by atoms with Crippen molar-refractivity contribution in [3.05, 3.63) is 22.4 Å². The second-order valence-corrected chi connectivity index (χ2v) is 7.47. The molecule has 1 aromatic heterocycles. The van der Waals surface area contributed by atoms with Gasteiger partial charge in [-0.05, 0) is 11.4 Å². The molecule has 2 N–H and O–H groups in total. The number of nitrogens with one attached hydrogen (secondary N) is 2. The molecule has 1 heterocycles. The van der Waals surface area contributed by atoms with E-state index in [0.717, 1.165) is 6.54 Å². The fourth-order valence-corrected chi connectivity index (χ4v) is 2.42. The molecule has 9 heteroatoms. The minimum Gasteiger partial charge on any atom is -0.379 e. The summed E-state index contributed by atoms with van der Waals surface area (Å²) in [4.78, 5) is 5.33. The number of hydrogen-bond donors (Lipinski definition) is 2. The zero-order chi connectivity index (χ0) is 14.8. The van der Waals surface area contributed by atoms with Crippen molar-refractivity contribution in [1.82, 2.24) is 10.6 Å². The maximum atomic E-state index is 10.9. The van der Waals surface area contributed by atoms with Crippen LogP contribution in [0, 0.1) is 0 Å². The monoisotopic (exact) mass is 447 g/mol. The topological polar surface area (TPSA) is 79.8 Å². The Morgan fingerprint density at radius 1 is 1.38 bits per heavy atom. The second-order valence-electron chi connectivity index (χ2n) is 4.17. The van der Waals surface area contributed by atoms with Crippen LogP contribution < -0.4 is 10.6 Å². The normalized spacial score (nSPS) is 11.8. The maximum absolute atomic E-state index is 10.9. The molecule has 0 atom stereocenters. The Hall–Kier alpha value is -0.390. The van der Waals surface area contributed by atoms with Gasteiger partial charge in [0, 0.05) is 24.7 Å². The highest BCUT2D eigenvalue weighted by Crippen LogP contribution is 2.06. The van der Waals surface area contributed by atoms with Gasteiger partial charge in [0.1, 0.15) is 9.84 Å². The highest BCUT2D eigenvalue weighted by molar-refractivity contribution is 14.0. The predicted octanol–water partition coefficient (Wildman–Crippen LogP) is 1.09. The molecule has 0 amide bonds. The van der Waals surface area contributed by atoms with Gasteiger partial charge in [0.05, 0.1) is 25.5 Å². The number of nitrogens with zero attached hydrogens (tertiary/aromatic N) is 1. The number of halogens is 1. The Morgan fingerprint density at radius 3 is 2.71 bits per heavy atom. The molecule has 0 unspecified atom stereocenters. The lowest BCUT2D eigenvalue weighted by molar-refractivity contribution is 0.154. The first-order valence-electron chi connectivity index (χ1n) is 6.23. The van der Waals surface area contributed by atoms with Crippen LogP contribution in [0.15, 0.2) is 22.5 Å². The lowest BCUT2D eigenvalue weighted by atomic mass is 10.5. The van der Waals surface area contributed by atoms with E-state index in [4.69, 9.17) is 4.74 Å². The molecule has 0 fully saturated rings. The van der Waals surface area contributed by atoms with Gasteiger partial charge in [0.25, 0.3) is 0 Å². The van der Waals surface area contributed by atoms with Gasteiger partial charge in [0.2, 0.25) is 0 Å². The quantitative estimate of drug-likeness (QED) is 0.270. The molecule has 6 nitrogen and oxygen atoms in total.